The first-order chi connectivity index (χ1) is 22.8. The minimum absolute atomic E-state index is 0.571. The molecule has 5 heteroatoms. The van der Waals surface area contributed by atoms with Crippen LogP contribution in [0.1, 0.15) is 0 Å². The van der Waals surface area contributed by atoms with Gasteiger partial charge in [-0.2, -0.15) is 9.97 Å². The third-order valence-corrected chi connectivity index (χ3v) is 9.01. The Kier molecular flexibility index (Phi) is 5.22. The van der Waals surface area contributed by atoms with Crippen LogP contribution in [0, 0.1) is 0 Å². The predicted octanol–water partition coefficient (Wildman–Crippen LogP) is 10.5. The van der Waals surface area contributed by atoms with E-state index in [1.54, 1.807) is 0 Å². The predicted molar refractivity (Wildman–Crippen MR) is 187 cm³/mol. The van der Waals surface area contributed by atoms with Crippen molar-refractivity contribution in [3.05, 3.63) is 146 Å². The number of fused-ring (bicyclic) bond motifs is 8. The van der Waals surface area contributed by atoms with Crippen LogP contribution < -0.4 is 0 Å². The zero-order valence-electron chi connectivity index (χ0n) is 24.6. The van der Waals surface area contributed by atoms with Crippen molar-refractivity contribution >= 4 is 65.3 Å². The Morgan fingerprint density at radius 2 is 0.935 bits per heavy atom. The third kappa shape index (κ3) is 3.79. The molecular weight excluding hydrogens is 564 g/mol. The summed E-state index contributed by atoms with van der Waals surface area (Å²) in [5.74, 6) is 1.77. The molecule has 3 aromatic heterocycles. The molecule has 0 radical (unpaired) electrons. The summed E-state index contributed by atoms with van der Waals surface area (Å²) in [5, 5.41) is 9.13. The SMILES string of the molecule is c1ccc2cc(-c3nc(-c4ccc5c(c4)oc4cc6ccccc6cc45)nc(-n4c5ccccc5c5ccccc54)n3)ccc2c1. The summed E-state index contributed by atoms with van der Waals surface area (Å²) < 4.78 is 8.57. The summed E-state index contributed by atoms with van der Waals surface area (Å²) in [4.78, 5) is 15.3. The molecule has 0 aliphatic rings. The Morgan fingerprint density at radius 3 is 1.65 bits per heavy atom. The topological polar surface area (TPSA) is 56.7 Å². The van der Waals surface area contributed by atoms with Crippen LogP contribution in [0.3, 0.4) is 0 Å². The Balaban J connectivity index is 1.23. The fourth-order valence-electron chi connectivity index (χ4n) is 6.79. The fraction of sp³-hybridized carbons (Fsp3) is 0. The van der Waals surface area contributed by atoms with Gasteiger partial charge in [-0.1, -0.05) is 103 Å². The molecule has 10 aromatic rings. The summed E-state index contributed by atoms with van der Waals surface area (Å²) in [6.07, 6.45) is 0. The van der Waals surface area contributed by atoms with E-state index in [0.29, 0.717) is 17.6 Å². The van der Waals surface area contributed by atoms with E-state index < -0.39 is 0 Å². The van der Waals surface area contributed by atoms with Gasteiger partial charge in [-0.05, 0) is 64.0 Å². The molecule has 3 heterocycles. The first kappa shape index (κ1) is 25.0. The van der Waals surface area contributed by atoms with E-state index in [2.05, 4.69) is 150 Å². The van der Waals surface area contributed by atoms with E-state index in [1.165, 1.54) is 10.8 Å². The van der Waals surface area contributed by atoms with E-state index in [0.717, 1.165) is 65.6 Å². The molecule has 10 rings (SSSR count). The van der Waals surface area contributed by atoms with Crippen molar-refractivity contribution in [2.45, 2.75) is 0 Å². The number of hydrogen-bond donors (Lipinski definition) is 0. The fourth-order valence-corrected chi connectivity index (χ4v) is 6.79. The van der Waals surface area contributed by atoms with Gasteiger partial charge in [-0.25, -0.2) is 4.98 Å². The van der Waals surface area contributed by atoms with Crippen LogP contribution in [-0.2, 0) is 0 Å². The maximum Gasteiger partial charge on any atom is 0.238 e. The number of para-hydroxylation sites is 2. The monoisotopic (exact) mass is 588 g/mol. The molecule has 214 valence electrons. The molecule has 5 nitrogen and oxygen atoms in total. The van der Waals surface area contributed by atoms with Crippen LogP contribution >= 0.6 is 0 Å². The molecular formula is C41H24N4O. The lowest BCUT2D eigenvalue weighted by Crippen LogP contribution is -2.06. The van der Waals surface area contributed by atoms with Crippen LogP contribution in [0.2, 0.25) is 0 Å². The summed E-state index contributed by atoms with van der Waals surface area (Å²) >= 11 is 0. The van der Waals surface area contributed by atoms with Crippen molar-refractivity contribution in [1.82, 2.24) is 19.5 Å². The van der Waals surface area contributed by atoms with Crippen LogP contribution in [0.5, 0.6) is 0 Å². The first-order valence-electron chi connectivity index (χ1n) is 15.4. The molecule has 0 saturated carbocycles. The molecule has 0 bridgehead atoms. The maximum atomic E-state index is 6.43. The molecule has 0 aliphatic heterocycles. The van der Waals surface area contributed by atoms with Gasteiger partial charge in [0.1, 0.15) is 11.2 Å². The highest BCUT2D eigenvalue weighted by atomic mass is 16.3. The second-order valence-corrected chi connectivity index (χ2v) is 11.7. The quantitative estimate of drug-likeness (QED) is 0.206. The number of hydrogen-bond acceptors (Lipinski definition) is 4. The standard InChI is InChI=1S/C41H24N4O/c1-2-10-26-21-29(18-17-25(26)9-1)39-42-40(44-41(43-39)45-35-15-7-5-13-31(35)32-14-6-8-16-36(32)45)30-19-20-33-34-22-27-11-3-4-12-28(27)23-38(34)46-37(33)24-30/h1-24H. The lowest BCUT2D eigenvalue weighted by atomic mass is 10.1. The number of aromatic nitrogens is 4. The molecule has 0 N–H and O–H groups in total. The van der Waals surface area contributed by atoms with Crippen molar-refractivity contribution in [3.8, 4) is 28.7 Å². The van der Waals surface area contributed by atoms with E-state index >= 15 is 0 Å². The Labute approximate surface area is 263 Å². The Morgan fingerprint density at radius 1 is 0.391 bits per heavy atom. The lowest BCUT2D eigenvalue weighted by molar-refractivity contribution is 0.669. The van der Waals surface area contributed by atoms with Gasteiger partial charge in [0.15, 0.2) is 11.6 Å². The number of benzene rings is 7. The van der Waals surface area contributed by atoms with Gasteiger partial charge >= 0.3 is 0 Å². The van der Waals surface area contributed by atoms with Gasteiger partial charge in [0.25, 0.3) is 0 Å². The first-order valence-corrected chi connectivity index (χ1v) is 15.4. The lowest BCUT2D eigenvalue weighted by Gasteiger charge is -2.11. The zero-order chi connectivity index (χ0) is 30.2. The van der Waals surface area contributed by atoms with Crippen LogP contribution in [0.4, 0.5) is 0 Å². The third-order valence-electron chi connectivity index (χ3n) is 9.01. The minimum atomic E-state index is 0.571. The van der Waals surface area contributed by atoms with Gasteiger partial charge in [0.2, 0.25) is 5.95 Å². The van der Waals surface area contributed by atoms with Crippen molar-refractivity contribution < 1.29 is 4.42 Å². The molecule has 0 saturated heterocycles. The van der Waals surface area contributed by atoms with Crippen molar-refractivity contribution in [3.63, 3.8) is 0 Å². The minimum Gasteiger partial charge on any atom is -0.456 e. The van der Waals surface area contributed by atoms with Crippen LogP contribution in [0.25, 0.3) is 94.0 Å². The van der Waals surface area contributed by atoms with E-state index in [4.69, 9.17) is 19.4 Å². The van der Waals surface area contributed by atoms with Crippen LogP contribution in [-0.4, -0.2) is 19.5 Å². The summed E-state index contributed by atoms with van der Waals surface area (Å²) in [6, 6.07) is 50.5. The smallest absolute Gasteiger partial charge is 0.238 e. The van der Waals surface area contributed by atoms with Gasteiger partial charge in [0, 0.05) is 32.7 Å². The second kappa shape index (κ2) is 9.58. The molecule has 0 fully saturated rings. The Hall–Kier alpha value is -6.33. The highest BCUT2D eigenvalue weighted by Gasteiger charge is 2.18. The van der Waals surface area contributed by atoms with E-state index in [9.17, 15) is 0 Å². The molecule has 46 heavy (non-hydrogen) atoms. The average molecular weight is 589 g/mol. The summed E-state index contributed by atoms with van der Waals surface area (Å²) in [5.41, 5.74) is 5.55. The highest BCUT2D eigenvalue weighted by molar-refractivity contribution is 6.11. The van der Waals surface area contributed by atoms with Crippen molar-refractivity contribution in [2.24, 2.45) is 0 Å². The van der Waals surface area contributed by atoms with Gasteiger partial charge in [-0.15, -0.1) is 0 Å². The number of rotatable bonds is 3. The summed E-state index contributed by atoms with van der Waals surface area (Å²) in [6.45, 7) is 0. The summed E-state index contributed by atoms with van der Waals surface area (Å²) in [7, 11) is 0. The van der Waals surface area contributed by atoms with Crippen molar-refractivity contribution in [1.29, 1.82) is 0 Å². The highest BCUT2D eigenvalue weighted by Crippen LogP contribution is 2.36. The van der Waals surface area contributed by atoms with E-state index in [1.807, 2.05) is 0 Å². The van der Waals surface area contributed by atoms with Crippen molar-refractivity contribution in [2.75, 3.05) is 0 Å². The Bertz CT molecular complexity index is 2770. The van der Waals surface area contributed by atoms with Gasteiger partial charge < -0.3 is 4.42 Å². The number of furan rings is 1. The van der Waals surface area contributed by atoms with Crippen LogP contribution in [0.15, 0.2) is 150 Å². The molecule has 0 spiro atoms. The molecule has 0 atom stereocenters. The molecule has 0 unspecified atom stereocenters. The normalized spacial score (nSPS) is 11.9. The molecule has 0 amide bonds. The average Bonchev–Trinajstić information content (AvgIpc) is 3.65. The largest absolute Gasteiger partial charge is 0.456 e. The molecule has 0 aliphatic carbocycles. The maximum absolute atomic E-state index is 6.43. The number of nitrogens with zero attached hydrogens (tertiary/aromatic N) is 4. The zero-order valence-corrected chi connectivity index (χ0v) is 24.6. The van der Waals surface area contributed by atoms with Gasteiger partial charge in [-0.3, -0.25) is 4.57 Å². The van der Waals surface area contributed by atoms with E-state index in [-0.39, 0.29) is 0 Å². The van der Waals surface area contributed by atoms with Gasteiger partial charge in [0.05, 0.1) is 11.0 Å². The second-order valence-electron chi connectivity index (χ2n) is 11.7. The molecule has 7 aromatic carbocycles.